The van der Waals surface area contributed by atoms with Gasteiger partial charge in [0.15, 0.2) is 11.5 Å². The first-order chi connectivity index (χ1) is 13.8. The van der Waals surface area contributed by atoms with Crippen molar-refractivity contribution in [3.8, 4) is 11.5 Å². The highest BCUT2D eigenvalue weighted by Gasteiger charge is 2.30. The van der Waals surface area contributed by atoms with Gasteiger partial charge in [-0.25, -0.2) is 8.42 Å². The third kappa shape index (κ3) is 4.40. The molecule has 10 nitrogen and oxygen atoms in total. The second-order valence-electron chi connectivity index (χ2n) is 5.90. The van der Waals surface area contributed by atoms with Crippen molar-refractivity contribution in [1.82, 2.24) is 0 Å². The Kier molecular flexibility index (Phi) is 5.87. The van der Waals surface area contributed by atoms with E-state index in [1.54, 1.807) is 6.92 Å². The van der Waals surface area contributed by atoms with Crippen LogP contribution in [0.3, 0.4) is 0 Å². The molecule has 0 unspecified atom stereocenters. The van der Waals surface area contributed by atoms with Gasteiger partial charge in [0.25, 0.3) is 15.7 Å². The predicted octanol–water partition coefficient (Wildman–Crippen LogP) is 2.12. The van der Waals surface area contributed by atoms with E-state index in [1.807, 2.05) is 0 Å². The van der Waals surface area contributed by atoms with Crippen LogP contribution < -0.4 is 13.8 Å². The van der Waals surface area contributed by atoms with E-state index in [9.17, 15) is 23.3 Å². The monoisotopic (exact) mass is 422 g/mol. The summed E-state index contributed by atoms with van der Waals surface area (Å²) < 4.78 is 43.0. The summed E-state index contributed by atoms with van der Waals surface area (Å²) in [6.45, 7) is 1.62. The minimum atomic E-state index is -4.27. The van der Waals surface area contributed by atoms with Crippen molar-refractivity contribution < 1.29 is 32.3 Å². The molecule has 0 atom stereocenters. The van der Waals surface area contributed by atoms with Crippen LogP contribution in [-0.4, -0.2) is 45.7 Å². The molecule has 0 N–H and O–H groups in total. The van der Waals surface area contributed by atoms with Gasteiger partial charge in [0, 0.05) is 18.2 Å². The van der Waals surface area contributed by atoms with Gasteiger partial charge in [-0.3, -0.25) is 19.2 Å². The van der Waals surface area contributed by atoms with Gasteiger partial charge in [-0.15, -0.1) is 0 Å². The Morgan fingerprint density at radius 3 is 2.59 bits per heavy atom. The van der Waals surface area contributed by atoms with Crippen LogP contribution in [0, 0.1) is 10.1 Å². The Hall–Kier alpha value is -3.34. The lowest BCUT2D eigenvalue weighted by Gasteiger charge is -2.24. The summed E-state index contributed by atoms with van der Waals surface area (Å²) in [4.78, 5) is 22.3. The van der Waals surface area contributed by atoms with Gasteiger partial charge < -0.3 is 14.2 Å². The standard InChI is InChI=1S/C18H18N2O8S/c1-2-26-18(21)12-19(13-4-3-5-14(10-13)20(22)23)29(24,25)15-6-7-16-17(11-15)28-9-8-27-16/h3-7,10-11H,2,8-9,12H2,1H3. The number of ether oxygens (including phenoxy) is 3. The lowest BCUT2D eigenvalue weighted by Crippen LogP contribution is -2.36. The van der Waals surface area contributed by atoms with Gasteiger partial charge in [0.05, 0.1) is 22.1 Å². The zero-order valence-corrected chi connectivity index (χ0v) is 16.3. The SMILES string of the molecule is CCOC(=O)CN(c1cccc([N+](=O)[O-])c1)S(=O)(=O)c1ccc2c(c1)OCCO2. The Balaban J connectivity index is 2.06. The molecule has 1 aliphatic heterocycles. The van der Waals surface area contributed by atoms with Crippen LogP contribution >= 0.6 is 0 Å². The fourth-order valence-electron chi connectivity index (χ4n) is 2.71. The third-order valence-electron chi connectivity index (χ3n) is 4.01. The number of esters is 1. The van der Waals surface area contributed by atoms with Crippen LogP contribution in [0.2, 0.25) is 0 Å². The van der Waals surface area contributed by atoms with Crippen molar-refractivity contribution in [1.29, 1.82) is 0 Å². The van der Waals surface area contributed by atoms with E-state index < -0.39 is 27.5 Å². The van der Waals surface area contributed by atoms with Gasteiger partial charge in [-0.2, -0.15) is 0 Å². The van der Waals surface area contributed by atoms with Crippen molar-refractivity contribution in [2.45, 2.75) is 11.8 Å². The Morgan fingerprint density at radius 1 is 1.17 bits per heavy atom. The van der Waals surface area contributed by atoms with Crippen LogP contribution in [0.15, 0.2) is 47.4 Å². The summed E-state index contributed by atoms with van der Waals surface area (Å²) in [7, 11) is -4.27. The van der Waals surface area contributed by atoms with Gasteiger partial charge in [0.1, 0.15) is 19.8 Å². The molecule has 1 aliphatic rings. The molecule has 0 aliphatic carbocycles. The van der Waals surface area contributed by atoms with E-state index in [0.29, 0.717) is 12.4 Å². The maximum atomic E-state index is 13.3. The van der Waals surface area contributed by atoms with Gasteiger partial charge >= 0.3 is 5.97 Å². The second-order valence-corrected chi connectivity index (χ2v) is 7.76. The van der Waals surface area contributed by atoms with Gasteiger partial charge in [0.2, 0.25) is 0 Å². The summed E-state index contributed by atoms with van der Waals surface area (Å²) in [6, 6.07) is 9.07. The number of nitro groups is 1. The summed E-state index contributed by atoms with van der Waals surface area (Å²) >= 11 is 0. The molecule has 0 amide bonds. The third-order valence-corrected chi connectivity index (χ3v) is 5.78. The molecule has 0 spiro atoms. The van der Waals surface area contributed by atoms with Crippen LogP contribution in [-0.2, 0) is 19.6 Å². The average molecular weight is 422 g/mol. The number of fused-ring (bicyclic) bond motifs is 1. The number of benzene rings is 2. The first-order valence-electron chi connectivity index (χ1n) is 8.65. The number of carbonyl (C=O) groups is 1. The largest absolute Gasteiger partial charge is 0.486 e. The van der Waals surface area contributed by atoms with Crippen molar-refractivity contribution >= 4 is 27.4 Å². The van der Waals surface area contributed by atoms with Crippen molar-refractivity contribution in [2.24, 2.45) is 0 Å². The summed E-state index contributed by atoms with van der Waals surface area (Å²) in [5, 5.41) is 11.1. The maximum Gasteiger partial charge on any atom is 0.326 e. The number of nitrogens with zero attached hydrogens (tertiary/aromatic N) is 2. The molecule has 3 rings (SSSR count). The molecule has 0 saturated carbocycles. The highest BCUT2D eigenvalue weighted by molar-refractivity contribution is 7.92. The van der Waals surface area contributed by atoms with Gasteiger partial charge in [-0.05, 0) is 25.1 Å². The molecule has 11 heteroatoms. The molecule has 0 saturated heterocycles. The number of hydrogen-bond acceptors (Lipinski definition) is 8. The Bertz CT molecular complexity index is 1040. The topological polar surface area (TPSA) is 125 Å². The van der Waals surface area contributed by atoms with Gasteiger partial charge in [-0.1, -0.05) is 6.07 Å². The van der Waals surface area contributed by atoms with Crippen LogP contribution in [0.5, 0.6) is 11.5 Å². The molecule has 0 radical (unpaired) electrons. The lowest BCUT2D eigenvalue weighted by atomic mass is 10.3. The van der Waals surface area contributed by atoms with E-state index in [1.165, 1.54) is 36.4 Å². The van der Waals surface area contributed by atoms with E-state index in [-0.39, 0.29) is 35.2 Å². The number of sulfonamides is 1. The number of anilines is 1. The number of hydrogen-bond donors (Lipinski definition) is 0. The minimum Gasteiger partial charge on any atom is -0.486 e. The fraction of sp³-hybridized carbons (Fsp3) is 0.278. The highest BCUT2D eigenvalue weighted by atomic mass is 32.2. The van der Waals surface area contributed by atoms with E-state index in [2.05, 4.69) is 0 Å². The molecular formula is C18H18N2O8S. The molecule has 2 aromatic carbocycles. The average Bonchev–Trinajstić information content (AvgIpc) is 2.71. The van der Waals surface area contributed by atoms with Crippen LogP contribution in [0.25, 0.3) is 0 Å². The second kappa shape index (κ2) is 8.35. The van der Waals surface area contributed by atoms with Crippen LogP contribution in [0.4, 0.5) is 11.4 Å². The first kappa shape index (κ1) is 20.4. The molecule has 0 aromatic heterocycles. The number of rotatable bonds is 7. The van der Waals surface area contributed by atoms with Crippen molar-refractivity contribution in [2.75, 3.05) is 30.7 Å². The van der Waals surface area contributed by atoms with E-state index in [4.69, 9.17) is 14.2 Å². The molecule has 1 heterocycles. The molecule has 154 valence electrons. The molecular weight excluding hydrogens is 404 g/mol. The number of nitro benzene ring substituents is 1. The maximum absolute atomic E-state index is 13.3. The smallest absolute Gasteiger partial charge is 0.326 e. The van der Waals surface area contributed by atoms with Crippen molar-refractivity contribution in [3.63, 3.8) is 0 Å². The number of non-ortho nitro benzene ring substituents is 1. The minimum absolute atomic E-state index is 0.0397. The fourth-order valence-corrected chi connectivity index (χ4v) is 4.13. The summed E-state index contributed by atoms with van der Waals surface area (Å²) in [5.74, 6) is -0.130. The lowest BCUT2D eigenvalue weighted by molar-refractivity contribution is -0.384. The highest BCUT2D eigenvalue weighted by Crippen LogP contribution is 2.34. The van der Waals surface area contributed by atoms with E-state index in [0.717, 1.165) is 10.4 Å². The van der Waals surface area contributed by atoms with Crippen LogP contribution in [0.1, 0.15) is 6.92 Å². The molecule has 2 aromatic rings. The summed E-state index contributed by atoms with van der Waals surface area (Å²) in [6.07, 6.45) is 0. The van der Waals surface area contributed by atoms with Crippen molar-refractivity contribution in [3.05, 3.63) is 52.6 Å². The zero-order chi connectivity index (χ0) is 21.0. The summed E-state index contributed by atoms with van der Waals surface area (Å²) in [5.41, 5.74) is -0.351. The predicted molar refractivity (Wildman–Crippen MR) is 102 cm³/mol. The quantitative estimate of drug-likeness (QED) is 0.377. The molecule has 0 bridgehead atoms. The normalized spacial score (nSPS) is 12.9. The Labute approximate surface area is 166 Å². The first-order valence-corrected chi connectivity index (χ1v) is 10.1. The number of carbonyl (C=O) groups excluding carboxylic acids is 1. The zero-order valence-electron chi connectivity index (χ0n) is 15.4. The Morgan fingerprint density at radius 2 is 1.90 bits per heavy atom. The van der Waals surface area contributed by atoms with E-state index >= 15 is 0 Å². The molecule has 29 heavy (non-hydrogen) atoms. The molecule has 0 fully saturated rings.